The molecule has 2 rings (SSSR count). The number of nitrogens with zero attached hydrogens (tertiary/aromatic N) is 1. The van der Waals surface area contributed by atoms with Crippen LogP contribution in [0, 0.1) is 5.41 Å². The molecule has 0 unspecified atom stereocenters. The molecule has 0 atom stereocenters. The molecule has 0 radical (unpaired) electrons. The summed E-state index contributed by atoms with van der Waals surface area (Å²) in [6, 6.07) is 9.12. The van der Waals surface area contributed by atoms with E-state index in [0.717, 1.165) is 10.5 Å². The van der Waals surface area contributed by atoms with E-state index >= 15 is 0 Å². The second kappa shape index (κ2) is 7.24. The number of carboxylic acid groups (broad SMARTS) is 1. The molecule has 0 aromatic heterocycles. The van der Waals surface area contributed by atoms with E-state index in [2.05, 4.69) is 0 Å². The van der Waals surface area contributed by atoms with Gasteiger partial charge in [-0.2, -0.15) is 0 Å². The molecule has 1 aliphatic heterocycles. The lowest BCUT2D eigenvalue weighted by molar-refractivity contribution is -0.152. The summed E-state index contributed by atoms with van der Waals surface area (Å²) in [6.07, 6.45) is -0.717. The van der Waals surface area contributed by atoms with E-state index in [4.69, 9.17) is 14.6 Å². The predicted octanol–water partition coefficient (Wildman–Crippen LogP) is 0.719. The standard InChI is InChI=1S/C15H19NO6/c17-9-15(10-21-11-15)8-16(6-13(18)19)14(20)22-7-12-4-2-1-3-5-12/h1-5,17H,6-11H2,(H,18,19). The second-order valence-electron chi connectivity index (χ2n) is 5.44. The van der Waals surface area contributed by atoms with E-state index in [-0.39, 0.29) is 19.8 Å². The van der Waals surface area contributed by atoms with Gasteiger partial charge in [0.25, 0.3) is 0 Å². The highest BCUT2D eigenvalue weighted by molar-refractivity contribution is 5.76. The van der Waals surface area contributed by atoms with Gasteiger partial charge < -0.3 is 19.7 Å². The third-order valence-electron chi connectivity index (χ3n) is 3.47. The first-order chi connectivity index (χ1) is 10.5. The van der Waals surface area contributed by atoms with Crippen LogP contribution in [0.25, 0.3) is 0 Å². The van der Waals surface area contributed by atoms with Crippen LogP contribution < -0.4 is 0 Å². The van der Waals surface area contributed by atoms with Gasteiger partial charge in [-0.25, -0.2) is 4.79 Å². The topological polar surface area (TPSA) is 96.3 Å². The van der Waals surface area contributed by atoms with E-state index in [1.807, 2.05) is 30.3 Å². The summed E-state index contributed by atoms with van der Waals surface area (Å²) in [4.78, 5) is 24.1. The molecule has 0 saturated carbocycles. The quantitative estimate of drug-likeness (QED) is 0.770. The normalized spacial score (nSPS) is 15.7. The van der Waals surface area contributed by atoms with Crippen molar-refractivity contribution in [2.75, 3.05) is 32.9 Å². The van der Waals surface area contributed by atoms with Crippen LogP contribution in [-0.2, 0) is 20.9 Å². The predicted molar refractivity (Wildman–Crippen MR) is 76.2 cm³/mol. The molecular formula is C15H19NO6. The molecular weight excluding hydrogens is 290 g/mol. The second-order valence-corrected chi connectivity index (χ2v) is 5.44. The number of carboxylic acids is 1. The Morgan fingerprint density at radius 1 is 1.27 bits per heavy atom. The van der Waals surface area contributed by atoms with Gasteiger partial charge in [0.1, 0.15) is 13.2 Å². The van der Waals surface area contributed by atoms with Gasteiger partial charge in [-0.05, 0) is 5.56 Å². The van der Waals surface area contributed by atoms with E-state index in [1.165, 1.54) is 0 Å². The molecule has 120 valence electrons. The molecule has 1 heterocycles. The first-order valence-electron chi connectivity index (χ1n) is 6.91. The minimum atomic E-state index is -1.13. The van der Waals surface area contributed by atoms with Crippen molar-refractivity contribution in [2.45, 2.75) is 6.61 Å². The summed E-state index contributed by atoms with van der Waals surface area (Å²) >= 11 is 0. The number of rotatable bonds is 7. The maximum atomic E-state index is 12.1. The number of carbonyl (C=O) groups is 2. The maximum absolute atomic E-state index is 12.1. The average molecular weight is 309 g/mol. The fourth-order valence-electron chi connectivity index (χ4n) is 2.19. The Balaban J connectivity index is 1.95. The number of benzene rings is 1. The summed E-state index contributed by atoms with van der Waals surface area (Å²) in [6.45, 7) is 0.101. The fourth-order valence-corrected chi connectivity index (χ4v) is 2.19. The van der Waals surface area contributed by atoms with Crippen molar-refractivity contribution in [1.82, 2.24) is 4.90 Å². The van der Waals surface area contributed by atoms with Crippen LogP contribution in [0.3, 0.4) is 0 Å². The number of aliphatic carboxylic acids is 1. The van der Waals surface area contributed by atoms with Crippen molar-refractivity contribution < 1.29 is 29.3 Å². The van der Waals surface area contributed by atoms with Crippen LogP contribution in [0.2, 0.25) is 0 Å². The molecule has 1 aromatic carbocycles. The minimum absolute atomic E-state index is 0.0679. The van der Waals surface area contributed by atoms with Crippen molar-refractivity contribution in [3.05, 3.63) is 35.9 Å². The highest BCUT2D eigenvalue weighted by atomic mass is 16.6. The number of ether oxygens (including phenoxy) is 2. The lowest BCUT2D eigenvalue weighted by atomic mass is 9.86. The lowest BCUT2D eigenvalue weighted by Crippen LogP contribution is -2.55. The minimum Gasteiger partial charge on any atom is -0.480 e. The number of aliphatic hydroxyl groups is 1. The van der Waals surface area contributed by atoms with E-state index < -0.39 is 24.0 Å². The molecule has 1 fully saturated rings. The maximum Gasteiger partial charge on any atom is 0.410 e. The van der Waals surface area contributed by atoms with Crippen LogP contribution in [0.5, 0.6) is 0 Å². The zero-order valence-electron chi connectivity index (χ0n) is 12.1. The van der Waals surface area contributed by atoms with E-state index in [1.54, 1.807) is 0 Å². The van der Waals surface area contributed by atoms with Gasteiger partial charge in [0, 0.05) is 6.54 Å². The van der Waals surface area contributed by atoms with Crippen LogP contribution in [0.15, 0.2) is 30.3 Å². The highest BCUT2D eigenvalue weighted by Gasteiger charge is 2.41. The Bertz CT molecular complexity index is 509. The third kappa shape index (κ3) is 4.19. The number of amides is 1. The molecule has 2 N–H and O–H groups in total. The SMILES string of the molecule is O=C(O)CN(CC1(CO)COC1)C(=O)OCc1ccccc1. The van der Waals surface area contributed by atoms with Gasteiger partial charge in [-0.1, -0.05) is 30.3 Å². The Hall–Kier alpha value is -2.12. The Morgan fingerprint density at radius 3 is 2.45 bits per heavy atom. The molecule has 0 bridgehead atoms. The van der Waals surface area contributed by atoms with Gasteiger partial charge in [-0.3, -0.25) is 9.69 Å². The van der Waals surface area contributed by atoms with Gasteiger partial charge >= 0.3 is 12.1 Å². The summed E-state index contributed by atoms with van der Waals surface area (Å²) in [5.74, 6) is -1.13. The first kappa shape index (κ1) is 16.3. The lowest BCUT2D eigenvalue weighted by Gasteiger charge is -2.42. The number of hydrogen-bond acceptors (Lipinski definition) is 5. The summed E-state index contributed by atoms with van der Waals surface area (Å²) in [7, 11) is 0. The van der Waals surface area contributed by atoms with E-state index in [9.17, 15) is 14.7 Å². The van der Waals surface area contributed by atoms with Crippen LogP contribution in [-0.4, -0.2) is 60.1 Å². The Kier molecular flexibility index (Phi) is 5.35. The van der Waals surface area contributed by atoms with Crippen LogP contribution in [0.4, 0.5) is 4.79 Å². The number of hydrogen-bond donors (Lipinski definition) is 2. The molecule has 1 aromatic rings. The number of aliphatic hydroxyl groups excluding tert-OH is 1. The molecule has 0 spiro atoms. The zero-order valence-corrected chi connectivity index (χ0v) is 12.1. The Morgan fingerprint density at radius 2 is 1.95 bits per heavy atom. The summed E-state index contributed by atoms with van der Waals surface area (Å²) < 4.78 is 10.2. The van der Waals surface area contributed by atoms with Gasteiger partial charge in [0.15, 0.2) is 0 Å². The van der Waals surface area contributed by atoms with Crippen LogP contribution >= 0.6 is 0 Å². The van der Waals surface area contributed by atoms with Crippen molar-refractivity contribution in [3.8, 4) is 0 Å². The summed E-state index contributed by atoms with van der Waals surface area (Å²) in [5.41, 5.74) is 0.219. The van der Waals surface area contributed by atoms with Crippen molar-refractivity contribution in [3.63, 3.8) is 0 Å². The van der Waals surface area contributed by atoms with E-state index in [0.29, 0.717) is 13.2 Å². The molecule has 1 amide bonds. The average Bonchev–Trinajstić information content (AvgIpc) is 2.48. The molecule has 0 aliphatic carbocycles. The molecule has 1 saturated heterocycles. The van der Waals surface area contributed by atoms with Gasteiger partial charge in [-0.15, -0.1) is 0 Å². The summed E-state index contributed by atoms with van der Waals surface area (Å²) in [5, 5.41) is 18.3. The molecule has 7 heteroatoms. The Labute approximate surface area is 128 Å². The molecule has 1 aliphatic rings. The van der Waals surface area contributed by atoms with Gasteiger partial charge in [0.2, 0.25) is 0 Å². The smallest absolute Gasteiger partial charge is 0.410 e. The largest absolute Gasteiger partial charge is 0.480 e. The third-order valence-corrected chi connectivity index (χ3v) is 3.47. The monoisotopic (exact) mass is 309 g/mol. The van der Waals surface area contributed by atoms with Crippen molar-refractivity contribution >= 4 is 12.1 Å². The molecule has 22 heavy (non-hydrogen) atoms. The van der Waals surface area contributed by atoms with Crippen molar-refractivity contribution in [2.24, 2.45) is 5.41 Å². The van der Waals surface area contributed by atoms with Crippen LogP contribution in [0.1, 0.15) is 5.56 Å². The number of carbonyl (C=O) groups excluding carboxylic acids is 1. The van der Waals surface area contributed by atoms with Gasteiger partial charge in [0.05, 0.1) is 25.2 Å². The molecule has 7 nitrogen and oxygen atoms in total. The van der Waals surface area contributed by atoms with Crippen molar-refractivity contribution in [1.29, 1.82) is 0 Å². The first-order valence-corrected chi connectivity index (χ1v) is 6.91. The zero-order chi connectivity index (χ0) is 16.0. The fraction of sp³-hybridized carbons (Fsp3) is 0.467. The highest BCUT2D eigenvalue weighted by Crippen LogP contribution is 2.28.